The molecule has 0 aliphatic carbocycles. The molecule has 2 unspecified atom stereocenters. The van der Waals surface area contributed by atoms with Gasteiger partial charge in [0, 0.05) is 35.1 Å². The summed E-state index contributed by atoms with van der Waals surface area (Å²) in [5.74, 6) is 3.92. The minimum Gasteiger partial charge on any atom is -0.309 e. The summed E-state index contributed by atoms with van der Waals surface area (Å²) in [7, 11) is 0. The van der Waals surface area contributed by atoms with Gasteiger partial charge in [-0.05, 0) is 23.3 Å². The molecule has 3 heteroatoms. The summed E-state index contributed by atoms with van der Waals surface area (Å²) < 4.78 is 0. The van der Waals surface area contributed by atoms with Gasteiger partial charge in [0.25, 0.3) is 0 Å². The molecular formula is C17H21NS2. The summed E-state index contributed by atoms with van der Waals surface area (Å²) in [5.41, 5.74) is 1.41. The van der Waals surface area contributed by atoms with Crippen molar-refractivity contribution in [2.24, 2.45) is 0 Å². The second-order valence-corrected chi connectivity index (χ2v) is 7.82. The fraction of sp³-hybridized carbons (Fsp3) is 0.412. The third-order valence-corrected chi connectivity index (χ3v) is 6.67. The molecule has 1 N–H and O–H groups in total. The molecule has 2 aromatic carbocycles. The Morgan fingerprint density at radius 1 is 1.15 bits per heavy atom. The van der Waals surface area contributed by atoms with Crippen LogP contribution >= 0.6 is 23.5 Å². The normalized spacial score (nSPS) is 20.9. The van der Waals surface area contributed by atoms with Crippen molar-refractivity contribution in [1.29, 1.82) is 0 Å². The summed E-state index contributed by atoms with van der Waals surface area (Å²) in [6.45, 7) is 3.39. The van der Waals surface area contributed by atoms with Crippen LogP contribution in [0.5, 0.6) is 0 Å². The van der Waals surface area contributed by atoms with Crippen LogP contribution in [0.15, 0.2) is 42.5 Å². The Morgan fingerprint density at radius 2 is 2.00 bits per heavy atom. The zero-order valence-corrected chi connectivity index (χ0v) is 13.5. The third kappa shape index (κ3) is 3.33. The molecule has 0 radical (unpaired) electrons. The first kappa shape index (κ1) is 14.3. The second kappa shape index (κ2) is 6.88. The van der Waals surface area contributed by atoms with E-state index in [0.717, 1.165) is 11.8 Å². The maximum absolute atomic E-state index is 3.73. The molecule has 1 fully saturated rings. The molecule has 20 heavy (non-hydrogen) atoms. The predicted octanol–water partition coefficient (Wildman–Crippen LogP) is 4.34. The topological polar surface area (TPSA) is 12.0 Å². The first-order valence-electron chi connectivity index (χ1n) is 7.25. The molecule has 0 aromatic heterocycles. The molecule has 1 heterocycles. The van der Waals surface area contributed by atoms with E-state index in [4.69, 9.17) is 0 Å². The molecule has 3 rings (SSSR count). The number of hydrogen-bond donors (Lipinski definition) is 1. The van der Waals surface area contributed by atoms with Crippen LogP contribution in [0.1, 0.15) is 18.5 Å². The number of benzene rings is 2. The van der Waals surface area contributed by atoms with Crippen LogP contribution in [0.25, 0.3) is 10.8 Å². The van der Waals surface area contributed by atoms with E-state index in [2.05, 4.69) is 78.2 Å². The van der Waals surface area contributed by atoms with Crippen molar-refractivity contribution in [2.75, 3.05) is 23.8 Å². The average molecular weight is 303 g/mol. The fourth-order valence-electron chi connectivity index (χ4n) is 2.70. The van der Waals surface area contributed by atoms with E-state index in [1.807, 2.05) is 0 Å². The number of thioether (sulfide) groups is 2. The SMILES string of the molecule is CC(NCC1CSCCS1)c1cccc2ccccc12. The summed E-state index contributed by atoms with van der Waals surface area (Å²) in [5, 5.41) is 7.21. The number of fused-ring (bicyclic) bond motifs is 1. The van der Waals surface area contributed by atoms with Gasteiger partial charge in [0.15, 0.2) is 0 Å². The van der Waals surface area contributed by atoms with E-state index in [1.54, 1.807) is 0 Å². The number of rotatable bonds is 4. The van der Waals surface area contributed by atoms with E-state index < -0.39 is 0 Å². The van der Waals surface area contributed by atoms with Gasteiger partial charge in [-0.2, -0.15) is 23.5 Å². The molecule has 0 spiro atoms. The molecule has 0 amide bonds. The number of nitrogens with one attached hydrogen (secondary N) is 1. The van der Waals surface area contributed by atoms with Gasteiger partial charge in [0.1, 0.15) is 0 Å². The van der Waals surface area contributed by atoms with Gasteiger partial charge in [-0.3, -0.25) is 0 Å². The zero-order chi connectivity index (χ0) is 13.8. The lowest BCUT2D eigenvalue weighted by Gasteiger charge is -2.24. The first-order chi connectivity index (χ1) is 9.84. The Morgan fingerprint density at radius 3 is 2.85 bits per heavy atom. The molecule has 1 aliphatic rings. The van der Waals surface area contributed by atoms with Gasteiger partial charge in [0.05, 0.1) is 0 Å². The highest BCUT2D eigenvalue weighted by Gasteiger charge is 2.16. The minimum atomic E-state index is 0.411. The third-order valence-electron chi connectivity index (χ3n) is 3.83. The van der Waals surface area contributed by atoms with Gasteiger partial charge < -0.3 is 5.32 Å². The van der Waals surface area contributed by atoms with E-state index in [1.165, 1.54) is 33.6 Å². The fourth-order valence-corrected chi connectivity index (χ4v) is 5.33. The molecule has 106 valence electrons. The van der Waals surface area contributed by atoms with E-state index >= 15 is 0 Å². The van der Waals surface area contributed by atoms with Gasteiger partial charge >= 0.3 is 0 Å². The lowest BCUT2D eigenvalue weighted by molar-refractivity contribution is 0.580. The molecule has 2 aromatic rings. The van der Waals surface area contributed by atoms with Crippen molar-refractivity contribution >= 4 is 34.3 Å². The Hall–Kier alpha value is -0.640. The Kier molecular flexibility index (Phi) is 4.92. The maximum Gasteiger partial charge on any atom is 0.0298 e. The lowest BCUT2D eigenvalue weighted by Crippen LogP contribution is -2.30. The van der Waals surface area contributed by atoms with Crippen LogP contribution in [0.3, 0.4) is 0 Å². The van der Waals surface area contributed by atoms with Crippen molar-refractivity contribution in [3.63, 3.8) is 0 Å². The van der Waals surface area contributed by atoms with Crippen molar-refractivity contribution in [3.8, 4) is 0 Å². The van der Waals surface area contributed by atoms with Gasteiger partial charge in [-0.15, -0.1) is 0 Å². The molecule has 0 bridgehead atoms. The second-order valence-electron chi connectivity index (χ2n) is 5.27. The van der Waals surface area contributed by atoms with Crippen molar-refractivity contribution < 1.29 is 0 Å². The molecule has 2 atom stereocenters. The van der Waals surface area contributed by atoms with Crippen molar-refractivity contribution in [3.05, 3.63) is 48.0 Å². The smallest absolute Gasteiger partial charge is 0.0298 e. The maximum atomic E-state index is 3.73. The highest BCUT2D eigenvalue weighted by atomic mass is 32.2. The minimum absolute atomic E-state index is 0.411. The van der Waals surface area contributed by atoms with Crippen LogP contribution in [0.2, 0.25) is 0 Å². The highest BCUT2D eigenvalue weighted by molar-refractivity contribution is 8.06. The molecule has 1 saturated heterocycles. The van der Waals surface area contributed by atoms with Crippen molar-refractivity contribution in [2.45, 2.75) is 18.2 Å². The van der Waals surface area contributed by atoms with Crippen LogP contribution in [-0.4, -0.2) is 29.1 Å². The van der Waals surface area contributed by atoms with Crippen LogP contribution in [0, 0.1) is 0 Å². The quantitative estimate of drug-likeness (QED) is 0.902. The Balaban J connectivity index is 1.70. The first-order valence-corrected chi connectivity index (χ1v) is 9.45. The highest BCUT2D eigenvalue weighted by Crippen LogP contribution is 2.26. The zero-order valence-electron chi connectivity index (χ0n) is 11.8. The Bertz CT molecular complexity index is 558. The lowest BCUT2D eigenvalue weighted by atomic mass is 10.00. The summed E-state index contributed by atoms with van der Waals surface area (Å²) in [6, 6.07) is 15.7. The standard InChI is InChI=1S/C17H21NS2/c1-13(18-11-15-12-19-9-10-20-15)16-8-4-6-14-5-2-3-7-17(14)16/h2-8,13,15,18H,9-12H2,1H3. The largest absolute Gasteiger partial charge is 0.309 e. The van der Waals surface area contributed by atoms with E-state index in [0.29, 0.717) is 6.04 Å². The van der Waals surface area contributed by atoms with Gasteiger partial charge in [-0.1, -0.05) is 42.5 Å². The molecule has 1 aliphatic heterocycles. The van der Waals surface area contributed by atoms with E-state index in [-0.39, 0.29) is 0 Å². The van der Waals surface area contributed by atoms with Gasteiger partial charge in [0.2, 0.25) is 0 Å². The van der Waals surface area contributed by atoms with Crippen LogP contribution in [0.4, 0.5) is 0 Å². The Labute approximate surface area is 129 Å². The number of hydrogen-bond acceptors (Lipinski definition) is 3. The molecule has 1 nitrogen and oxygen atoms in total. The molecular weight excluding hydrogens is 282 g/mol. The average Bonchev–Trinajstić information content (AvgIpc) is 2.53. The molecule has 0 saturated carbocycles. The van der Waals surface area contributed by atoms with Gasteiger partial charge in [-0.25, -0.2) is 0 Å². The van der Waals surface area contributed by atoms with Crippen LogP contribution < -0.4 is 5.32 Å². The van der Waals surface area contributed by atoms with Crippen LogP contribution in [-0.2, 0) is 0 Å². The predicted molar refractivity (Wildman–Crippen MR) is 93.9 cm³/mol. The summed E-state index contributed by atoms with van der Waals surface area (Å²) in [4.78, 5) is 0. The summed E-state index contributed by atoms with van der Waals surface area (Å²) >= 11 is 4.21. The summed E-state index contributed by atoms with van der Waals surface area (Å²) in [6.07, 6.45) is 0. The van der Waals surface area contributed by atoms with E-state index in [9.17, 15) is 0 Å². The van der Waals surface area contributed by atoms with Crippen molar-refractivity contribution in [1.82, 2.24) is 5.32 Å². The monoisotopic (exact) mass is 303 g/mol.